The fraction of sp³-hybridized carbons (Fsp3) is 0.462. The number of benzene rings is 1. The van der Waals surface area contributed by atoms with Crippen LogP contribution in [-0.4, -0.2) is 24.0 Å². The van der Waals surface area contributed by atoms with Gasteiger partial charge in [0, 0.05) is 24.4 Å². The molecule has 0 spiro atoms. The third-order valence-corrected chi connectivity index (χ3v) is 3.28. The number of nitro groups is 1. The maximum atomic E-state index is 12.0. The van der Waals surface area contributed by atoms with E-state index in [-0.39, 0.29) is 17.5 Å². The van der Waals surface area contributed by atoms with Gasteiger partial charge in [-0.05, 0) is 31.4 Å². The topological polar surface area (TPSA) is 81.5 Å². The number of hydrogen-bond donors (Lipinski definition) is 1. The fourth-order valence-electron chi connectivity index (χ4n) is 2.21. The Morgan fingerprint density at radius 1 is 1.42 bits per heavy atom. The van der Waals surface area contributed by atoms with Crippen molar-refractivity contribution >= 4 is 17.3 Å². The zero-order chi connectivity index (χ0) is 14.0. The molecule has 1 aliphatic heterocycles. The molecule has 1 aliphatic rings. The number of nitro benzene ring substituents is 1. The second-order valence-electron chi connectivity index (χ2n) is 4.76. The van der Waals surface area contributed by atoms with Gasteiger partial charge in [0.15, 0.2) is 0 Å². The van der Waals surface area contributed by atoms with Crippen LogP contribution in [0.5, 0.6) is 0 Å². The highest BCUT2D eigenvalue weighted by atomic mass is 16.6. The molecule has 0 aromatic heterocycles. The third kappa shape index (κ3) is 2.90. The van der Waals surface area contributed by atoms with Crippen LogP contribution in [-0.2, 0) is 9.53 Å². The first-order valence-electron chi connectivity index (χ1n) is 6.13. The predicted molar refractivity (Wildman–Crippen MR) is 70.1 cm³/mol. The number of ether oxygens (including phenoxy) is 1. The molecule has 1 saturated heterocycles. The van der Waals surface area contributed by atoms with Crippen molar-refractivity contribution in [3.63, 3.8) is 0 Å². The van der Waals surface area contributed by atoms with Crippen LogP contribution in [0.1, 0.15) is 17.5 Å². The van der Waals surface area contributed by atoms with Crippen molar-refractivity contribution < 1.29 is 14.5 Å². The number of carbonyl (C=O) groups is 1. The van der Waals surface area contributed by atoms with Crippen molar-refractivity contribution in [2.24, 2.45) is 5.92 Å². The molecule has 0 radical (unpaired) electrons. The van der Waals surface area contributed by atoms with E-state index in [4.69, 9.17) is 4.74 Å². The van der Waals surface area contributed by atoms with Gasteiger partial charge < -0.3 is 10.1 Å². The van der Waals surface area contributed by atoms with Crippen LogP contribution in [0, 0.1) is 29.9 Å². The molecule has 0 unspecified atom stereocenters. The molecule has 1 fully saturated rings. The molecule has 0 saturated carbocycles. The van der Waals surface area contributed by atoms with Crippen molar-refractivity contribution in [3.05, 3.63) is 33.4 Å². The number of nitrogens with one attached hydrogen (secondary N) is 1. The van der Waals surface area contributed by atoms with Gasteiger partial charge in [0.2, 0.25) is 5.91 Å². The van der Waals surface area contributed by atoms with Gasteiger partial charge in [-0.25, -0.2) is 0 Å². The highest BCUT2D eigenvalue weighted by molar-refractivity contribution is 5.94. The summed E-state index contributed by atoms with van der Waals surface area (Å²) in [6.07, 6.45) is 0.719. The lowest BCUT2D eigenvalue weighted by Crippen LogP contribution is -2.23. The van der Waals surface area contributed by atoms with Crippen LogP contribution in [0.25, 0.3) is 0 Å². The van der Waals surface area contributed by atoms with Crippen LogP contribution >= 0.6 is 0 Å². The average Bonchev–Trinajstić information content (AvgIpc) is 2.86. The maximum absolute atomic E-state index is 12.0. The molecular formula is C13H16N2O4. The zero-order valence-electron chi connectivity index (χ0n) is 10.9. The first kappa shape index (κ1) is 13.5. The lowest BCUT2D eigenvalue weighted by molar-refractivity contribution is -0.384. The van der Waals surface area contributed by atoms with Gasteiger partial charge in [-0.2, -0.15) is 0 Å². The highest BCUT2D eigenvalue weighted by Crippen LogP contribution is 2.27. The van der Waals surface area contributed by atoms with E-state index in [1.165, 1.54) is 12.1 Å². The fourth-order valence-corrected chi connectivity index (χ4v) is 2.21. The molecule has 1 amide bonds. The summed E-state index contributed by atoms with van der Waals surface area (Å²) < 4.78 is 5.18. The van der Waals surface area contributed by atoms with Crippen molar-refractivity contribution in [1.29, 1.82) is 0 Å². The monoisotopic (exact) mass is 264 g/mol. The van der Waals surface area contributed by atoms with Crippen LogP contribution in [0.3, 0.4) is 0 Å². The first-order chi connectivity index (χ1) is 8.99. The number of hydrogen-bond acceptors (Lipinski definition) is 4. The van der Waals surface area contributed by atoms with E-state index in [1.54, 1.807) is 13.8 Å². The summed E-state index contributed by atoms with van der Waals surface area (Å²) in [6.45, 7) is 4.55. The van der Waals surface area contributed by atoms with E-state index in [0.29, 0.717) is 30.0 Å². The summed E-state index contributed by atoms with van der Waals surface area (Å²) in [7, 11) is 0. The van der Waals surface area contributed by atoms with Gasteiger partial charge in [-0.15, -0.1) is 0 Å². The number of carbonyl (C=O) groups excluding carboxylic acids is 1. The predicted octanol–water partition coefficient (Wildman–Crippen LogP) is 2.19. The molecule has 1 N–H and O–H groups in total. The summed E-state index contributed by atoms with van der Waals surface area (Å²) >= 11 is 0. The van der Waals surface area contributed by atoms with Gasteiger partial charge in [0.05, 0.1) is 17.4 Å². The molecule has 1 aromatic rings. The minimum Gasteiger partial charge on any atom is -0.381 e. The van der Waals surface area contributed by atoms with Crippen molar-refractivity contribution in [2.45, 2.75) is 20.3 Å². The van der Waals surface area contributed by atoms with Gasteiger partial charge in [0.25, 0.3) is 5.69 Å². The summed E-state index contributed by atoms with van der Waals surface area (Å²) in [6, 6.07) is 2.93. The van der Waals surface area contributed by atoms with Crippen molar-refractivity contribution in [2.75, 3.05) is 18.5 Å². The smallest absolute Gasteiger partial charge is 0.270 e. The van der Waals surface area contributed by atoms with Gasteiger partial charge in [-0.1, -0.05) is 0 Å². The SMILES string of the molecule is Cc1cc([N+](=O)[O-])cc(C)c1NC(=O)[C@@H]1CCOC1. The summed E-state index contributed by atoms with van der Waals surface area (Å²) in [5, 5.41) is 13.6. The zero-order valence-corrected chi connectivity index (χ0v) is 10.9. The maximum Gasteiger partial charge on any atom is 0.270 e. The Balaban J connectivity index is 2.20. The number of anilines is 1. The Hall–Kier alpha value is -1.95. The Kier molecular flexibility index (Phi) is 3.80. The molecule has 6 nitrogen and oxygen atoms in total. The quantitative estimate of drug-likeness (QED) is 0.670. The van der Waals surface area contributed by atoms with Crippen LogP contribution in [0.2, 0.25) is 0 Å². The molecule has 1 aromatic carbocycles. The number of aryl methyl sites for hydroxylation is 2. The summed E-state index contributed by atoms with van der Waals surface area (Å²) in [5.41, 5.74) is 2.08. The molecule has 1 atom stereocenters. The summed E-state index contributed by atoms with van der Waals surface area (Å²) in [5.74, 6) is -0.216. The molecule has 0 bridgehead atoms. The van der Waals surface area contributed by atoms with Gasteiger partial charge in [0.1, 0.15) is 0 Å². The minimum absolute atomic E-state index is 0.0391. The normalized spacial score (nSPS) is 18.3. The van der Waals surface area contributed by atoms with E-state index >= 15 is 0 Å². The van der Waals surface area contributed by atoms with Crippen LogP contribution < -0.4 is 5.32 Å². The lowest BCUT2D eigenvalue weighted by atomic mass is 10.0. The molecular weight excluding hydrogens is 248 g/mol. The molecule has 2 rings (SSSR count). The highest BCUT2D eigenvalue weighted by Gasteiger charge is 2.24. The van der Waals surface area contributed by atoms with Crippen molar-refractivity contribution in [3.8, 4) is 0 Å². The molecule has 19 heavy (non-hydrogen) atoms. The van der Waals surface area contributed by atoms with Gasteiger partial charge in [-0.3, -0.25) is 14.9 Å². The van der Waals surface area contributed by atoms with Gasteiger partial charge >= 0.3 is 0 Å². The Morgan fingerprint density at radius 3 is 2.53 bits per heavy atom. The minimum atomic E-state index is -0.434. The number of non-ortho nitro benzene ring substituents is 1. The van der Waals surface area contributed by atoms with Crippen LogP contribution in [0.4, 0.5) is 11.4 Å². The van der Waals surface area contributed by atoms with E-state index < -0.39 is 4.92 Å². The molecule has 1 heterocycles. The van der Waals surface area contributed by atoms with Crippen molar-refractivity contribution in [1.82, 2.24) is 0 Å². The Labute approximate surface area is 110 Å². The molecule has 0 aliphatic carbocycles. The number of nitrogens with zero attached hydrogens (tertiary/aromatic N) is 1. The van der Waals surface area contributed by atoms with E-state index in [9.17, 15) is 14.9 Å². The largest absolute Gasteiger partial charge is 0.381 e. The summed E-state index contributed by atoms with van der Waals surface area (Å²) in [4.78, 5) is 22.3. The first-order valence-corrected chi connectivity index (χ1v) is 6.13. The Morgan fingerprint density at radius 2 is 2.05 bits per heavy atom. The lowest BCUT2D eigenvalue weighted by Gasteiger charge is -2.14. The molecule has 6 heteroatoms. The van der Waals surface area contributed by atoms with E-state index in [2.05, 4.69) is 5.32 Å². The second-order valence-corrected chi connectivity index (χ2v) is 4.76. The average molecular weight is 264 g/mol. The van der Waals surface area contributed by atoms with E-state index in [0.717, 1.165) is 6.42 Å². The second kappa shape index (κ2) is 5.36. The van der Waals surface area contributed by atoms with E-state index in [1.807, 2.05) is 0 Å². The Bertz CT molecular complexity index is 498. The third-order valence-electron chi connectivity index (χ3n) is 3.28. The standard InChI is InChI=1S/C13H16N2O4/c1-8-5-11(15(17)18)6-9(2)12(8)14-13(16)10-3-4-19-7-10/h5-6,10H,3-4,7H2,1-2H3,(H,14,16)/t10-/m1/s1. The van der Waals surface area contributed by atoms with Crippen LogP contribution in [0.15, 0.2) is 12.1 Å². The number of rotatable bonds is 3. The molecule has 102 valence electrons. The number of amides is 1.